The van der Waals surface area contributed by atoms with E-state index in [-0.39, 0.29) is 0 Å². The van der Waals surface area contributed by atoms with E-state index in [1.54, 1.807) is 0 Å². The van der Waals surface area contributed by atoms with E-state index in [9.17, 15) is 5.11 Å². The number of aliphatic hydroxyl groups excluding tert-OH is 1. The SMILES string of the molecule is CC(C)CN(C)CC(O)c1ccc2ccccc2c1. The average Bonchev–Trinajstić information content (AvgIpc) is 2.37. The van der Waals surface area contributed by atoms with Gasteiger partial charge in [0, 0.05) is 13.1 Å². The molecule has 102 valence electrons. The Balaban J connectivity index is 2.10. The lowest BCUT2D eigenvalue weighted by Crippen LogP contribution is -2.28. The van der Waals surface area contributed by atoms with Crippen molar-refractivity contribution in [1.29, 1.82) is 0 Å². The first-order valence-corrected chi connectivity index (χ1v) is 6.91. The van der Waals surface area contributed by atoms with Crippen LogP contribution in [0.2, 0.25) is 0 Å². The van der Waals surface area contributed by atoms with Gasteiger partial charge in [-0.25, -0.2) is 0 Å². The minimum absolute atomic E-state index is 0.423. The summed E-state index contributed by atoms with van der Waals surface area (Å²) in [6, 6.07) is 14.4. The molecule has 0 bridgehead atoms. The Labute approximate surface area is 115 Å². The molecule has 0 saturated heterocycles. The fourth-order valence-electron chi connectivity index (χ4n) is 2.51. The van der Waals surface area contributed by atoms with Crippen molar-refractivity contribution in [3.8, 4) is 0 Å². The van der Waals surface area contributed by atoms with Crippen molar-refractivity contribution in [3.63, 3.8) is 0 Å². The maximum absolute atomic E-state index is 10.3. The molecular formula is C17H23NO. The molecular weight excluding hydrogens is 234 g/mol. The van der Waals surface area contributed by atoms with E-state index in [0.717, 1.165) is 12.1 Å². The second kappa shape index (κ2) is 6.18. The Bertz CT molecular complexity index is 536. The number of hydrogen-bond donors (Lipinski definition) is 1. The van der Waals surface area contributed by atoms with Crippen molar-refractivity contribution in [2.45, 2.75) is 20.0 Å². The molecule has 2 nitrogen and oxygen atoms in total. The quantitative estimate of drug-likeness (QED) is 0.886. The summed E-state index contributed by atoms with van der Waals surface area (Å²) in [6.07, 6.45) is -0.423. The Morgan fingerprint density at radius 1 is 1.00 bits per heavy atom. The zero-order chi connectivity index (χ0) is 13.8. The van der Waals surface area contributed by atoms with Crippen LogP contribution < -0.4 is 0 Å². The maximum atomic E-state index is 10.3. The monoisotopic (exact) mass is 257 g/mol. The van der Waals surface area contributed by atoms with Gasteiger partial charge in [-0.1, -0.05) is 50.2 Å². The standard InChI is InChI=1S/C17H23NO/c1-13(2)11-18(3)12-17(19)16-9-8-14-6-4-5-7-15(14)10-16/h4-10,13,17,19H,11-12H2,1-3H3. The van der Waals surface area contributed by atoms with Gasteiger partial charge < -0.3 is 10.0 Å². The molecule has 0 aliphatic rings. The van der Waals surface area contributed by atoms with Gasteiger partial charge in [-0.05, 0) is 35.4 Å². The normalized spacial score (nSPS) is 13.4. The van der Waals surface area contributed by atoms with Crippen molar-refractivity contribution in [2.75, 3.05) is 20.1 Å². The zero-order valence-corrected chi connectivity index (χ0v) is 12.0. The summed E-state index contributed by atoms with van der Waals surface area (Å²) >= 11 is 0. The number of likely N-dealkylation sites (N-methyl/N-ethyl adjacent to an activating group) is 1. The number of aliphatic hydroxyl groups is 1. The van der Waals surface area contributed by atoms with E-state index in [1.807, 2.05) is 18.2 Å². The fourth-order valence-corrected chi connectivity index (χ4v) is 2.51. The molecule has 2 rings (SSSR count). The highest BCUT2D eigenvalue weighted by Gasteiger charge is 2.11. The number of rotatable bonds is 5. The van der Waals surface area contributed by atoms with Crippen molar-refractivity contribution in [1.82, 2.24) is 4.90 Å². The molecule has 0 spiro atoms. The predicted molar refractivity (Wildman–Crippen MR) is 81.2 cm³/mol. The summed E-state index contributed by atoms with van der Waals surface area (Å²) in [7, 11) is 2.06. The highest BCUT2D eigenvalue weighted by atomic mass is 16.3. The Kier molecular flexibility index (Phi) is 4.56. The minimum Gasteiger partial charge on any atom is -0.387 e. The summed E-state index contributed by atoms with van der Waals surface area (Å²) in [6.45, 7) is 6.07. The predicted octanol–water partition coefficient (Wildman–Crippen LogP) is 3.46. The molecule has 0 amide bonds. The molecule has 0 aliphatic heterocycles. The number of fused-ring (bicyclic) bond motifs is 1. The molecule has 1 atom stereocenters. The third kappa shape index (κ3) is 3.79. The summed E-state index contributed by atoms with van der Waals surface area (Å²) in [5, 5.41) is 12.7. The molecule has 0 aromatic heterocycles. The van der Waals surface area contributed by atoms with Crippen LogP contribution in [-0.4, -0.2) is 30.1 Å². The Morgan fingerprint density at radius 2 is 1.68 bits per heavy atom. The third-order valence-corrected chi connectivity index (χ3v) is 3.32. The molecule has 2 aromatic rings. The molecule has 0 radical (unpaired) electrons. The topological polar surface area (TPSA) is 23.5 Å². The van der Waals surface area contributed by atoms with Gasteiger partial charge in [0.05, 0.1) is 6.10 Å². The molecule has 0 saturated carbocycles. The summed E-state index contributed by atoms with van der Waals surface area (Å²) in [4.78, 5) is 2.19. The first-order valence-electron chi connectivity index (χ1n) is 6.91. The van der Waals surface area contributed by atoms with Crippen molar-refractivity contribution in [3.05, 3.63) is 48.0 Å². The minimum atomic E-state index is -0.423. The van der Waals surface area contributed by atoms with Gasteiger partial charge in [-0.3, -0.25) is 0 Å². The van der Waals surface area contributed by atoms with Crippen LogP contribution in [-0.2, 0) is 0 Å². The summed E-state index contributed by atoms with van der Waals surface area (Å²) in [5.41, 5.74) is 0.995. The molecule has 0 fully saturated rings. The highest BCUT2D eigenvalue weighted by Crippen LogP contribution is 2.21. The lowest BCUT2D eigenvalue weighted by molar-refractivity contribution is 0.121. The lowest BCUT2D eigenvalue weighted by atomic mass is 10.0. The number of benzene rings is 2. The van der Waals surface area contributed by atoms with E-state index in [2.05, 4.69) is 50.1 Å². The lowest BCUT2D eigenvalue weighted by Gasteiger charge is -2.22. The van der Waals surface area contributed by atoms with Crippen LogP contribution in [0.1, 0.15) is 25.5 Å². The maximum Gasteiger partial charge on any atom is 0.0917 e. The molecule has 2 aromatic carbocycles. The Hall–Kier alpha value is -1.38. The van der Waals surface area contributed by atoms with E-state index in [0.29, 0.717) is 12.5 Å². The molecule has 0 aliphatic carbocycles. The van der Waals surface area contributed by atoms with E-state index in [4.69, 9.17) is 0 Å². The molecule has 0 heterocycles. The van der Waals surface area contributed by atoms with Gasteiger partial charge in [0.15, 0.2) is 0 Å². The third-order valence-electron chi connectivity index (χ3n) is 3.32. The molecule has 19 heavy (non-hydrogen) atoms. The summed E-state index contributed by atoms with van der Waals surface area (Å²) in [5.74, 6) is 0.619. The number of nitrogens with zero attached hydrogens (tertiary/aromatic N) is 1. The highest BCUT2D eigenvalue weighted by molar-refractivity contribution is 5.83. The van der Waals surface area contributed by atoms with E-state index >= 15 is 0 Å². The van der Waals surface area contributed by atoms with Gasteiger partial charge in [-0.15, -0.1) is 0 Å². The molecule has 2 heteroatoms. The average molecular weight is 257 g/mol. The van der Waals surface area contributed by atoms with Gasteiger partial charge >= 0.3 is 0 Å². The van der Waals surface area contributed by atoms with Gasteiger partial charge in [0.2, 0.25) is 0 Å². The second-order valence-corrected chi connectivity index (χ2v) is 5.74. The van der Waals surface area contributed by atoms with E-state index in [1.165, 1.54) is 10.8 Å². The Morgan fingerprint density at radius 3 is 2.37 bits per heavy atom. The van der Waals surface area contributed by atoms with E-state index < -0.39 is 6.10 Å². The molecule has 1 N–H and O–H groups in total. The van der Waals surface area contributed by atoms with Crippen molar-refractivity contribution < 1.29 is 5.11 Å². The van der Waals surface area contributed by atoms with Crippen LogP contribution in [0.3, 0.4) is 0 Å². The largest absolute Gasteiger partial charge is 0.387 e. The van der Waals surface area contributed by atoms with Crippen LogP contribution in [0, 0.1) is 5.92 Å². The van der Waals surface area contributed by atoms with Crippen LogP contribution in [0.5, 0.6) is 0 Å². The van der Waals surface area contributed by atoms with Crippen LogP contribution >= 0.6 is 0 Å². The van der Waals surface area contributed by atoms with Crippen molar-refractivity contribution in [2.24, 2.45) is 5.92 Å². The van der Waals surface area contributed by atoms with Crippen LogP contribution in [0.4, 0.5) is 0 Å². The van der Waals surface area contributed by atoms with Crippen LogP contribution in [0.15, 0.2) is 42.5 Å². The number of hydrogen-bond acceptors (Lipinski definition) is 2. The van der Waals surface area contributed by atoms with Gasteiger partial charge in [-0.2, -0.15) is 0 Å². The zero-order valence-electron chi connectivity index (χ0n) is 12.0. The van der Waals surface area contributed by atoms with Gasteiger partial charge in [0.1, 0.15) is 0 Å². The second-order valence-electron chi connectivity index (χ2n) is 5.74. The smallest absolute Gasteiger partial charge is 0.0917 e. The van der Waals surface area contributed by atoms with Crippen LogP contribution in [0.25, 0.3) is 10.8 Å². The van der Waals surface area contributed by atoms with Crippen molar-refractivity contribution >= 4 is 10.8 Å². The summed E-state index contributed by atoms with van der Waals surface area (Å²) < 4.78 is 0. The first kappa shape index (κ1) is 14.0. The van der Waals surface area contributed by atoms with Gasteiger partial charge in [0.25, 0.3) is 0 Å². The fraction of sp³-hybridized carbons (Fsp3) is 0.412. The first-order chi connectivity index (χ1) is 9.06. The molecule has 1 unspecified atom stereocenters.